The molecule has 100 valence electrons. The lowest BCUT2D eigenvalue weighted by atomic mass is 10.1. The van der Waals surface area contributed by atoms with E-state index in [2.05, 4.69) is 16.0 Å². The molecule has 1 aromatic heterocycles. The van der Waals surface area contributed by atoms with Gasteiger partial charge in [0.15, 0.2) is 0 Å². The van der Waals surface area contributed by atoms with Crippen molar-refractivity contribution >= 4 is 22.1 Å². The van der Waals surface area contributed by atoms with E-state index in [1.807, 2.05) is 24.5 Å². The lowest BCUT2D eigenvalue weighted by Crippen LogP contribution is -2.27. The summed E-state index contributed by atoms with van der Waals surface area (Å²) in [6.45, 7) is 2.29. The summed E-state index contributed by atoms with van der Waals surface area (Å²) in [5.74, 6) is 0. The van der Waals surface area contributed by atoms with Crippen LogP contribution in [-0.2, 0) is 0 Å². The first-order valence-electron chi connectivity index (χ1n) is 7.23. The van der Waals surface area contributed by atoms with Gasteiger partial charge in [0.1, 0.15) is 0 Å². The van der Waals surface area contributed by atoms with Gasteiger partial charge in [0.2, 0.25) is 0 Å². The van der Waals surface area contributed by atoms with E-state index in [1.165, 1.54) is 43.2 Å². The van der Waals surface area contributed by atoms with Crippen LogP contribution in [0.1, 0.15) is 32.1 Å². The third kappa shape index (κ3) is 2.50. The summed E-state index contributed by atoms with van der Waals surface area (Å²) in [7, 11) is 0. The standard InChI is InChI=1S/C16H21N3/c17-15-6-7-16(14-12-18-9-8-13(14)15)19-10-4-2-1-3-5-11-19/h6-9,12H,1-5,10-11,17H2. The molecule has 3 heteroatoms. The molecule has 1 fully saturated rings. The fraction of sp³-hybridized carbons (Fsp3) is 0.438. The van der Waals surface area contributed by atoms with Crippen LogP contribution >= 0.6 is 0 Å². The Balaban J connectivity index is 2.01. The second-order valence-corrected chi connectivity index (χ2v) is 5.35. The van der Waals surface area contributed by atoms with E-state index >= 15 is 0 Å². The lowest BCUT2D eigenvalue weighted by Gasteiger charge is -2.28. The van der Waals surface area contributed by atoms with Crippen molar-refractivity contribution in [3.05, 3.63) is 30.6 Å². The van der Waals surface area contributed by atoms with Crippen LogP contribution in [0.3, 0.4) is 0 Å². The monoisotopic (exact) mass is 255 g/mol. The Morgan fingerprint density at radius 3 is 2.42 bits per heavy atom. The zero-order valence-corrected chi connectivity index (χ0v) is 11.3. The second-order valence-electron chi connectivity index (χ2n) is 5.35. The number of rotatable bonds is 1. The first-order valence-corrected chi connectivity index (χ1v) is 7.23. The maximum atomic E-state index is 6.06. The van der Waals surface area contributed by atoms with Gasteiger partial charge in [0, 0.05) is 47.6 Å². The first-order chi connectivity index (χ1) is 9.36. The molecule has 0 saturated carbocycles. The van der Waals surface area contributed by atoms with Crippen LogP contribution in [0.15, 0.2) is 30.6 Å². The van der Waals surface area contributed by atoms with Gasteiger partial charge in [-0.1, -0.05) is 19.3 Å². The van der Waals surface area contributed by atoms with E-state index in [1.54, 1.807) is 0 Å². The molecule has 3 nitrogen and oxygen atoms in total. The molecule has 1 aromatic carbocycles. The van der Waals surface area contributed by atoms with Crippen LogP contribution in [0, 0.1) is 0 Å². The molecule has 0 bridgehead atoms. The van der Waals surface area contributed by atoms with Gasteiger partial charge in [0.25, 0.3) is 0 Å². The molecular weight excluding hydrogens is 234 g/mol. The van der Waals surface area contributed by atoms with E-state index in [9.17, 15) is 0 Å². The predicted octanol–water partition coefficient (Wildman–Crippen LogP) is 3.59. The van der Waals surface area contributed by atoms with Crippen LogP contribution in [0.25, 0.3) is 10.8 Å². The van der Waals surface area contributed by atoms with Crippen molar-refractivity contribution in [1.82, 2.24) is 4.98 Å². The van der Waals surface area contributed by atoms with Crippen molar-refractivity contribution in [1.29, 1.82) is 0 Å². The smallest absolute Gasteiger partial charge is 0.0463 e. The molecule has 2 aromatic rings. The molecule has 1 aliphatic rings. The Morgan fingerprint density at radius 1 is 0.895 bits per heavy atom. The second kappa shape index (κ2) is 5.47. The normalized spacial score (nSPS) is 17.2. The van der Waals surface area contributed by atoms with Crippen molar-refractivity contribution in [2.45, 2.75) is 32.1 Å². The molecule has 0 unspecified atom stereocenters. The Morgan fingerprint density at radius 2 is 1.63 bits per heavy atom. The molecule has 0 atom stereocenters. The molecule has 3 rings (SSSR count). The molecule has 2 heterocycles. The molecule has 0 amide bonds. The number of pyridine rings is 1. The Bertz CT molecular complexity index is 557. The summed E-state index contributed by atoms with van der Waals surface area (Å²) in [6, 6.07) is 6.19. The number of nitrogens with two attached hydrogens (primary N) is 1. The minimum absolute atomic E-state index is 0.841. The molecule has 2 N–H and O–H groups in total. The number of fused-ring (bicyclic) bond motifs is 1. The Labute approximate surface area is 114 Å². The van der Waals surface area contributed by atoms with Gasteiger partial charge in [-0.25, -0.2) is 0 Å². The highest BCUT2D eigenvalue weighted by molar-refractivity contribution is 6.00. The average molecular weight is 255 g/mol. The number of hydrogen-bond acceptors (Lipinski definition) is 3. The van der Waals surface area contributed by atoms with Crippen LogP contribution in [0.4, 0.5) is 11.4 Å². The van der Waals surface area contributed by atoms with Crippen LogP contribution in [-0.4, -0.2) is 18.1 Å². The highest BCUT2D eigenvalue weighted by Crippen LogP contribution is 2.31. The topological polar surface area (TPSA) is 42.1 Å². The van der Waals surface area contributed by atoms with Crippen molar-refractivity contribution in [3.8, 4) is 0 Å². The number of aromatic nitrogens is 1. The van der Waals surface area contributed by atoms with E-state index in [0.29, 0.717) is 0 Å². The summed E-state index contributed by atoms with van der Waals surface area (Å²) in [4.78, 5) is 6.77. The lowest BCUT2D eigenvalue weighted by molar-refractivity contribution is 0.557. The predicted molar refractivity (Wildman–Crippen MR) is 81.5 cm³/mol. The van der Waals surface area contributed by atoms with Crippen molar-refractivity contribution < 1.29 is 0 Å². The molecular formula is C16H21N3. The third-order valence-electron chi connectivity index (χ3n) is 4.03. The largest absolute Gasteiger partial charge is 0.398 e. The van der Waals surface area contributed by atoms with E-state index in [0.717, 1.165) is 24.2 Å². The SMILES string of the molecule is Nc1ccc(N2CCCCCCC2)c2cnccc12. The van der Waals surface area contributed by atoms with Gasteiger partial charge in [-0.2, -0.15) is 0 Å². The molecule has 0 spiro atoms. The zero-order chi connectivity index (χ0) is 13.1. The Kier molecular flexibility index (Phi) is 3.53. The molecule has 0 radical (unpaired) electrons. The molecule has 0 aliphatic carbocycles. The van der Waals surface area contributed by atoms with Crippen molar-refractivity contribution in [2.75, 3.05) is 23.7 Å². The van der Waals surface area contributed by atoms with Gasteiger partial charge in [-0.15, -0.1) is 0 Å². The average Bonchev–Trinajstić information content (AvgIpc) is 2.40. The summed E-state index contributed by atoms with van der Waals surface area (Å²) in [5.41, 5.74) is 8.20. The highest BCUT2D eigenvalue weighted by atomic mass is 15.1. The van der Waals surface area contributed by atoms with Gasteiger partial charge >= 0.3 is 0 Å². The number of nitrogen functional groups attached to an aromatic ring is 1. The highest BCUT2D eigenvalue weighted by Gasteiger charge is 2.13. The summed E-state index contributed by atoms with van der Waals surface area (Å²) < 4.78 is 0. The fourth-order valence-corrected chi connectivity index (χ4v) is 2.96. The maximum absolute atomic E-state index is 6.06. The van der Waals surface area contributed by atoms with E-state index in [4.69, 9.17) is 5.73 Å². The Hall–Kier alpha value is -1.77. The van der Waals surface area contributed by atoms with Gasteiger partial charge in [-0.05, 0) is 31.0 Å². The fourth-order valence-electron chi connectivity index (χ4n) is 2.96. The third-order valence-corrected chi connectivity index (χ3v) is 4.03. The number of benzene rings is 1. The summed E-state index contributed by atoms with van der Waals surface area (Å²) >= 11 is 0. The zero-order valence-electron chi connectivity index (χ0n) is 11.3. The van der Waals surface area contributed by atoms with Gasteiger partial charge in [-0.3, -0.25) is 4.98 Å². The van der Waals surface area contributed by atoms with Gasteiger partial charge < -0.3 is 10.6 Å². The summed E-state index contributed by atoms with van der Waals surface area (Å²) in [5, 5.41) is 2.30. The maximum Gasteiger partial charge on any atom is 0.0463 e. The number of hydrogen-bond donors (Lipinski definition) is 1. The minimum Gasteiger partial charge on any atom is -0.398 e. The van der Waals surface area contributed by atoms with Crippen molar-refractivity contribution in [2.24, 2.45) is 0 Å². The van der Waals surface area contributed by atoms with Crippen LogP contribution in [0.2, 0.25) is 0 Å². The van der Waals surface area contributed by atoms with Gasteiger partial charge in [0.05, 0.1) is 0 Å². The molecule has 19 heavy (non-hydrogen) atoms. The summed E-state index contributed by atoms with van der Waals surface area (Å²) in [6.07, 6.45) is 10.4. The van der Waals surface area contributed by atoms with E-state index in [-0.39, 0.29) is 0 Å². The van der Waals surface area contributed by atoms with Crippen LogP contribution in [0.5, 0.6) is 0 Å². The first kappa shape index (κ1) is 12.3. The number of nitrogens with zero attached hydrogens (tertiary/aromatic N) is 2. The molecule has 1 aliphatic heterocycles. The van der Waals surface area contributed by atoms with E-state index < -0.39 is 0 Å². The molecule has 1 saturated heterocycles. The van der Waals surface area contributed by atoms with Crippen LogP contribution < -0.4 is 10.6 Å². The quantitative estimate of drug-likeness (QED) is 0.792. The number of anilines is 2. The van der Waals surface area contributed by atoms with Crippen molar-refractivity contribution in [3.63, 3.8) is 0 Å². The minimum atomic E-state index is 0.841.